The van der Waals surface area contributed by atoms with Gasteiger partial charge < -0.3 is 5.11 Å². The van der Waals surface area contributed by atoms with E-state index in [1.807, 2.05) is 0 Å². The lowest BCUT2D eigenvalue weighted by Crippen LogP contribution is -2.08. The molecule has 0 bridgehead atoms. The highest BCUT2D eigenvalue weighted by atomic mass is 35.5. The van der Waals surface area contributed by atoms with Crippen molar-refractivity contribution in [1.82, 2.24) is 15.0 Å². The molecule has 6 heteroatoms. The Morgan fingerprint density at radius 3 is 2.65 bits per heavy atom. The predicted octanol–water partition coefficient (Wildman–Crippen LogP) is 1.86. The highest BCUT2D eigenvalue weighted by Crippen LogP contribution is 2.16. The van der Waals surface area contributed by atoms with Crippen LogP contribution in [-0.4, -0.2) is 26.1 Å². The third-order valence-corrected chi connectivity index (χ3v) is 2.60. The van der Waals surface area contributed by atoms with Crippen molar-refractivity contribution in [1.29, 1.82) is 0 Å². The zero-order chi connectivity index (χ0) is 12.4. The molecule has 0 aliphatic carbocycles. The number of halogens is 1. The molecule has 1 aromatic carbocycles. The molecule has 1 heterocycles. The number of hydrogen-bond acceptors (Lipinski definition) is 3. The van der Waals surface area contributed by atoms with Gasteiger partial charge in [0.1, 0.15) is 0 Å². The Bertz CT molecular complexity index is 548. The molecule has 0 amide bonds. The Morgan fingerprint density at radius 1 is 1.41 bits per heavy atom. The van der Waals surface area contributed by atoms with Crippen molar-refractivity contribution in [3.8, 4) is 5.69 Å². The van der Waals surface area contributed by atoms with Crippen LogP contribution in [0.25, 0.3) is 5.69 Å². The smallest absolute Gasteiger partial charge is 0.309 e. The van der Waals surface area contributed by atoms with Crippen molar-refractivity contribution >= 4 is 17.6 Å². The number of carbonyl (C=O) groups is 1. The zero-order valence-electron chi connectivity index (χ0n) is 9.09. The van der Waals surface area contributed by atoms with E-state index in [4.69, 9.17) is 16.7 Å². The van der Waals surface area contributed by atoms with E-state index in [2.05, 4.69) is 10.3 Å². The third-order valence-electron chi connectivity index (χ3n) is 2.35. The van der Waals surface area contributed by atoms with Crippen molar-refractivity contribution in [2.45, 2.75) is 13.3 Å². The summed E-state index contributed by atoms with van der Waals surface area (Å²) in [5.74, 6) is -0.911. The van der Waals surface area contributed by atoms with Crippen LogP contribution in [0.15, 0.2) is 24.3 Å². The second kappa shape index (κ2) is 4.55. The van der Waals surface area contributed by atoms with Crippen LogP contribution in [0, 0.1) is 6.92 Å². The maximum Gasteiger partial charge on any atom is 0.309 e. The van der Waals surface area contributed by atoms with E-state index in [1.54, 1.807) is 31.2 Å². The topological polar surface area (TPSA) is 68.0 Å². The fraction of sp³-hybridized carbons (Fsp3) is 0.182. The molecule has 0 fully saturated rings. The first-order chi connectivity index (χ1) is 8.08. The number of aliphatic carboxylic acids is 1. The van der Waals surface area contributed by atoms with Gasteiger partial charge in [-0.2, -0.15) is 0 Å². The van der Waals surface area contributed by atoms with Gasteiger partial charge in [0, 0.05) is 5.02 Å². The molecular formula is C11H10ClN3O2. The van der Waals surface area contributed by atoms with Crippen molar-refractivity contribution in [2.75, 3.05) is 0 Å². The quantitative estimate of drug-likeness (QED) is 0.904. The monoisotopic (exact) mass is 251 g/mol. The van der Waals surface area contributed by atoms with E-state index in [0.717, 1.165) is 5.69 Å². The minimum absolute atomic E-state index is 0.110. The summed E-state index contributed by atoms with van der Waals surface area (Å²) in [5.41, 5.74) is 1.92. The summed E-state index contributed by atoms with van der Waals surface area (Å²) in [6.45, 7) is 1.73. The van der Waals surface area contributed by atoms with Crippen LogP contribution in [0.1, 0.15) is 11.4 Å². The molecule has 1 aromatic heterocycles. The Balaban J connectivity index is 2.45. The Labute approximate surface area is 103 Å². The van der Waals surface area contributed by atoms with Crippen molar-refractivity contribution in [3.63, 3.8) is 0 Å². The molecular weight excluding hydrogens is 242 g/mol. The average molecular weight is 252 g/mol. The predicted molar refractivity (Wildman–Crippen MR) is 62.4 cm³/mol. The van der Waals surface area contributed by atoms with Gasteiger partial charge >= 0.3 is 5.97 Å². The molecule has 0 unspecified atom stereocenters. The summed E-state index contributed by atoms with van der Waals surface area (Å²) < 4.78 is 1.51. The summed E-state index contributed by atoms with van der Waals surface area (Å²) in [6, 6.07) is 6.97. The summed E-state index contributed by atoms with van der Waals surface area (Å²) in [6.07, 6.45) is -0.110. The van der Waals surface area contributed by atoms with E-state index in [9.17, 15) is 4.79 Å². The van der Waals surface area contributed by atoms with E-state index < -0.39 is 5.97 Å². The SMILES string of the molecule is Cc1nnn(-c2ccc(Cl)cc2)c1CC(=O)O. The summed E-state index contributed by atoms with van der Waals surface area (Å²) in [4.78, 5) is 10.8. The van der Waals surface area contributed by atoms with Crippen LogP contribution in [0.5, 0.6) is 0 Å². The molecule has 17 heavy (non-hydrogen) atoms. The van der Waals surface area contributed by atoms with Crippen LogP contribution in [0.4, 0.5) is 0 Å². The summed E-state index contributed by atoms with van der Waals surface area (Å²) >= 11 is 5.79. The largest absolute Gasteiger partial charge is 0.481 e. The number of carboxylic acid groups (broad SMARTS) is 1. The molecule has 2 rings (SSSR count). The second-order valence-electron chi connectivity index (χ2n) is 3.58. The number of benzene rings is 1. The standard InChI is InChI=1S/C11H10ClN3O2/c1-7-10(6-11(16)17)15(14-13-7)9-4-2-8(12)3-5-9/h2-5H,6H2,1H3,(H,16,17). The van der Waals surface area contributed by atoms with Crippen LogP contribution in [0.3, 0.4) is 0 Å². The van der Waals surface area contributed by atoms with Gasteiger partial charge in [0.25, 0.3) is 0 Å². The normalized spacial score (nSPS) is 10.5. The van der Waals surface area contributed by atoms with E-state index in [1.165, 1.54) is 4.68 Å². The van der Waals surface area contributed by atoms with Gasteiger partial charge in [-0.05, 0) is 31.2 Å². The van der Waals surface area contributed by atoms with Crippen LogP contribution in [0.2, 0.25) is 5.02 Å². The van der Waals surface area contributed by atoms with Crippen molar-refractivity contribution in [3.05, 3.63) is 40.7 Å². The minimum Gasteiger partial charge on any atom is -0.481 e. The maximum atomic E-state index is 10.8. The lowest BCUT2D eigenvalue weighted by Gasteiger charge is -2.05. The van der Waals surface area contributed by atoms with Gasteiger partial charge in [-0.3, -0.25) is 4.79 Å². The number of nitrogens with zero attached hydrogens (tertiary/aromatic N) is 3. The fourth-order valence-electron chi connectivity index (χ4n) is 1.51. The first-order valence-corrected chi connectivity index (χ1v) is 5.34. The molecule has 0 aliphatic rings. The molecule has 2 aromatic rings. The number of carboxylic acids is 1. The van der Waals surface area contributed by atoms with Gasteiger partial charge in [0.2, 0.25) is 0 Å². The molecule has 0 radical (unpaired) electrons. The molecule has 1 N–H and O–H groups in total. The number of hydrogen-bond donors (Lipinski definition) is 1. The minimum atomic E-state index is -0.911. The van der Waals surface area contributed by atoms with Crippen LogP contribution in [-0.2, 0) is 11.2 Å². The average Bonchev–Trinajstić information content (AvgIpc) is 2.61. The Kier molecular flexibility index (Phi) is 3.10. The lowest BCUT2D eigenvalue weighted by molar-refractivity contribution is -0.136. The first-order valence-electron chi connectivity index (χ1n) is 4.97. The van der Waals surface area contributed by atoms with Gasteiger partial charge in [-0.1, -0.05) is 16.8 Å². The Morgan fingerprint density at radius 2 is 2.06 bits per heavy atom. The van der Waals surface area contributed by atoms with Gasteiger partial charge in [0.15, 0.2) is 0 Å². The third kappa shape index (κ3) is 2.45. The van der Waals surface area contributed by atoms with E-state index in [0.29, 0.717) is 16.4 Å². The van der Waals surface area contributed by atoms with Gasteiger partial charge in [-0.25, -0.2) is 4.68 Å². The number of aromatic nitrogens is 3. The van der Waals surface area contributed by atoms with E-state index >= 15 is 0 Å². The molecule has 0 atom stereocenters. The molecule has 0 spiro atoms. The maximum absolute atomic E-state index is 10.8. The van der Waals surface area contributed by atoms with Crippen LogP contribution >= 0.6 is 11.6 Å². The summed E-state index contributed by atoms with van der Waals surface area (Å²) in [7, 11) is 0. The van der Waals surface area contributed by atoms with E-state index in [-0.39, 0.29) is 6.42 Å². The fourth-order valence-corrected chi connectivity index (χ4v) is 1.64. The second-order valence-corrected chi connectivity index (χ2v) is 4.02. The molecule has 0 saturated heterocycles. The zero-order valence-corrected chi connectivity index (χ0v) is 9.85. The van der Waals surface area contributed by atoms with Gasteiger partial charge in [-0.15, -0.1) is 5.10 Å². The molecule has 0 aliphatic heterocycles. The van der Waals surface area contributed by atoms with Gasteiger partial charge in [0.05, 0.1) is 23.5 Å². The number of aryl methyl sites for hydroxylation is 1. The lowest BCUT2D eigenvalue weighted by atomic mass is 10.2. The highest BCUT2D eigenvalue weighted by Gasteiger charge is 2.13. The van der Waals surface area contributed by atoms with Crippen LogP contribution < -0.4 is 0 Å². The Hall–Kier alpha value is -1.88. The summed E-state index contributed by atoms with van der Waals surface area (Å²) in [5, 5.41) is 17.3. The first kappa shape index (κ1) is 11.6. The molecule has 88 valence electrons. The van der Waals surface area contributed by atoms with Crippen molar-refractivity contribution in [2.24, 2.45) is 0 Å². The molecule has 0 saturated carbocycles. The molecule has 5 nitrogen and oxygen atoms in total. The highest BCUT2D eigenvalue weighted by molar-refractivity contribution is 6.30. The van der Waals surface area contributed by atoms with Crippen molar-refractivity contribution < 1.29 is 9.90 Å². The number of rotatable bonds is 3.